The summed E-state index contributed by atoms with van der Waals surface area (Å²) in [7, 11) is -3.36. The van der Waals surface area contributed by atoms with Crippen molar-refractivity contribution in [1.82, 2.24) is 0 Å². The second-order valence-corrected chi connectivity index (χ2v) is 6.72. The first-order valence-electron chi connectivity index (χ1n) is 6.51. The lowest BCUT2D eigenvalue weighted by Crippen LogP contribution is -2.07. The molecule has 0 aromatic carbocycles. The molecule has 3 nitrogen and oxygen atoms in total. The van der Waals surface area contributed by atoms with Crippen LogP contribution in [0.5, 0.6) is 0 Å². The molecule has 2 atom stereocenters. The fourth-order valence-electron chi connectivity index (χ4n) is 1.50. The fourth-order valence-corrected chi connectivity index (χ4v) is 2.65. The van der Waals surface area contributed by atoms with Crippen LogP contribution in [0.25, 0.3) is 0 Å². The summed E-state index contributed by atoms with van der Waals surface area (Å²) >= 11 is 0. The average Bonchev–Trinajstić information content (AvgIpc) is 2.24. The zero-order valence-corrected chi connectivity index (χ0v) is 11.8. The van der Waals surface area contributed by atoms with Gasteiger partial charge in [0.1, 0.15) is 0 Å². The van der Waals surface area contributed by atoms with Crippen LogP contribution in [0.4, 0.5) is 0 Å². The van der Waals surface area contributed by atoms with Gasteiger partial charge in [0.2, 0.25) is 0 Å². The van der Waals surface area contributed by atoms with Gasteiger partial charge in [-0.25, -0.2) is 0 Å². The van der Waals surface area contributed by atoms with Gasteiger partial charge < -0.3 is 9.42 Å². The molecule has 0 aromatic rings. The van der Waals surface area contributed by atoms with Gasteiger partial charge in [0, 0.05) is 0 Å². The molecule has 1 N–H and O–H groups in total. The Kier molecular flexibility index (Phi) is 9.29. The molecule has 0 aliphatic carbocycles. The van der Waals surface area contributed by atoms with Crippen LogP contribution in [0, 0.1) is 0 Å². The van der Waals surface area contributed by atoms with E-state index in [4.69, 9.17) is 4.52 Å². The van der Waals surface area contributed by atoms with Crippen LogP contribution in [-0.4, -0.2) is 17.2 Å². The lowest BCUT2D eigenvalue weighted by molar-refractivity contribution is 0.246. The maximum Gasteiger partial charge on any atom is 0.330 e. The number of hydrogen-bond donors (Lipinski definition) is 1. The highest BCUT2D eigenvalue weighted by atomic mass is 31.2. The maximum absolute atomic E-state index is 11.8. The van der Waals surface area contributed by atoms with E-state index in [0.717, 1.165) is 32.1 Å². The van der Waals surface area contributed by atoms with Gasteiger partial charge in [-0.05, 0) is 12.8 Å². The maximum atomic E-state index is 11.8. The molecule has 0 aliphatic rings. The van der Waals surface area contributed by atoms with Crippen LogP contribution in [0.3, 0.4) is 0 Å². The van der Waals surface area contributed by atoms with Crippen LogP contribution < -0.4 is 0 Å². The second kappa shape index (κ2) is 9.21. The molecule has 0 saturated carbocycles. The van der Waals surface area contributed by atoms with Crippen molar-refractivity contribution in [2.24, 2.45) is 0 Å². The van der Waals surface area contributed by atoms with E-state index in [1.54, 1.807) is 0 Å². The molecule has 0 fully saturated rings. The summed E-state index contributed by atoms with van der Waals surface area (Å²) in [6.45, 7) is 6.43. The number of unbranched alkanes of at least 4 members (excludes halogenated alkanes) is 4. The standard InChI is InChI=1S/C12H27O3P/c1-4-6-8-9-10-12(3)16(13,14)15-11-7-5-2/h12H,4-11H2,1-3H3,(H,13,14). The van der Waals surface area contributed by atoms with E-state index in [-0.39, 0.29) is 5.66 Å². The van der Waals surface area contributed by atoms with E-state index >= 15 is 0 Å². The Labute approximate surface area is 100 Å². The average molecular weight is 250 g/mol. The van der Waals surface area contributed by atoms with Crippen molar-refractivity contribution in [2.45, 2.75) is 71.4 Å². The zero-order chi connectivity index (χ0) is 12.4. The molecule has 0 aromatic heterocycles. The Bertz CT molecular complexity index is 206. The Morgan fingerprint density at radius 3 is 2.31 bits per heavy atom. The lowest BCUT2D eigenvalue weighted by atomic mass is 10.1. The molecule has 0 rings (SSSR count). The van der Waals surface area contributed by atoms with E-state index < -0.39 is 7.60 Å². The highest BCUT2D eigenvalue weighted by Crippen LogP contribution is 2.49. The van der Waals surface area contributed by atoms with Gasteiger partial charge >= 0.3 is 7.60 Å². The van der Waals surface area contributed by atoms with Gasteiger partial charge in [0.05, 0.1) is 12.3 Å². The molecule has 0 radical (unpaired) electrons. The molecule has 0 heterocycles. The Balaban J connectivity index is 3.76. The third-order valence-electron chi connectivity index (χ3n) is 2.81. The van der Waals surface area contributed by atoms with Crippen molar-refractivity contribution >= 4 is 7.60 Å². The molecule has 98 valence electrons. The normalized spacial score (nSPS) is 17.0. The first kappa shape index (κ1) is 16.1. The van der Waals surface area contributed by atoms with Crippen molar-refractivity contribution in [2.75, 3.05) is 6.61 Å². The van der Waals surface area contributed by atoms with E-state index in [2.05, 4.69) is 6.92 Å². The van der Waals surface area contributed by atoms with Gasteiger partial charge in [-0.2, -0.15) is 0 Å². The third kappa shape index (κ3) is 7.43. The SMILES string of the molecule is CCCCCCC(C)P(=O)(O)OCCCC. The van der Waals surface area contributed by atoms with Crippen molar-refractivity contribution < 1.29 is 14.0 Å². The Morgan fingerprint density at radius 2 is 1.75 bits per heavy atom. The van der Waals surface area contributed by atoms with E-state index in [0.29, 0.717) is 6.61 Å². The quantitative estimate of drug-likeness (QED) is 0.463. The number of hydrogen-bond acceptors (Lipinski definition) is 2. The first-order valence-corrected chi connectivity index (χ1v) is 8.16. The van der Waals surface area contributed by atoms with Gasteiger partial charge in [-0.3, -0.25) is 4.57 Å². The number of rotatable bonds is 10. The predicted molar refractivity (Wildman–Crippen MR) is 68.9 cm³/mol. The van der Waals surface area contributed by atoms with E-state index in [1.807, 2.05) is 13.8 Å². The van der Waals surface area contributed by atoms with E-state index in [1.165, 1.54) is 12.8 Å². The van der Waals surface area contributed by atoms with Gasteiger partial charge in [0.25, 0.3) is 0 Å². The van der Waals surface area contributed by atoms with Crippen molar-refractivity contribution in [1.29, 1.82) is 0 Å². The van der Waals surface area contributed by atoms with E-state index in [9.17, 15) is 9.46 Å². The van der Waals surface area contributed by atoms with Crippen LogP contribution in [0.2, 0.25) is 0 Å². The molecule has 0 amide bonds. The molecule has 4 heteroatoms. The molecule has 0 spiro atoms. The Hall–Kier alpha value is 0.150. The second-order valence-electron chi connectivity index (χ2n) is 4.45. The van der Waals surface area contributed by atoms with Crippen molar-refractivity contribution in [3.05, 3.63) is 0 Å². The highest BCUT2D eigenvalue weighted by Gasteiger charge is 2.27. The highest BCUT2D eigenvalue weighted by molar-refractivity contribution is 7.53. The lowest BCUT2D eigenvalue weighted by Gasteiger charge is -2.18. The topological polar surface area (TPSA) is 46.5 Å². The summed E-state index contributed by atoms with van der Waals surface area (Å²) in [4.78, 5) is 9.70. The smallest absolute Gasteiger partial charge is 0.324 e. The zero-order valence-electron chi connectivity index (χ0n) is 10.9. The van der Waals surface area contributed by atoms with Crippen LogP contribution in [0.15, 0.2) is 0 Å². The first-order chi connectivity index (χ1) is 7.54. The molecule has 2 unspecified atom stereocenters. The summed E-state index contributed by atoms with van der Waals surface area (Å²) in [6, 6.07) is 0. The van der Waals surface area contributed by atoms with Gasteiger partial charge in [-0.15, -0.1) is 0 Å². The Morgan fingerprint density at radius 1 is 1.12 bits per heavy atom. The molecule has 0 bridgehead atoms. The minimum absolute atomic E-state index is 0.221. The predicted octanol–water partition coefficient (Wildman–Crippen LogP) is 4.35. The minimum Gasteiger partial charge on any atom is -0.324 e. The summed E-state index contributed by atoms with van der Waals surface area (Å²) in [5.41, 5.74) is -0.221. The molecule has 0 saturated heterocycles. The summed E-state index contributed by atoms with van der Waals surface area (Å²) < 4.78 is 16.9. The molecule has 16 heavy (non-hydrogen) atoms. The minimum atomic E-state index is -3.36. The molecular weight excluding hydrogens is 223 g/mol. The van der Waals surface area contributed by atoms with Crippen molar-refractivity contribution in [3.8, 4) is 0 Å². The largest absolute Gasteiger partial charge is 0.330 e. The van der Waals surface area contributed by atoms with Gasteiger partial charge in [-0.1, -0.05) is 52.9 Å². The van der Waals surface area contributed by atoms with Crippen LogP contribution in [-0.2, 0) is 9.09 Å². The van der Waals surface area contributed by atoms with Gasteiger partial charge in [0.15, 0.2) is 0 Å². The van der Waals surface area contributed by atoms with Crippen LogP contribution in [0.1, 0.15) is 65.7 Å². The molecular formula is C12H27O3P. The van der Waals surface area contributed by atoms with Crippen molar-refractivity contribution in [3.63, 3.8) is 0 Å². The fraction of sp³-hybridized carbons (Fsp3) is 1.00. The van der Waals surface area contributed by atoms with Crippen LogP contribution >= 0.6 is 7.60 Å². The molecule has 0 aliphatic heterocycles. The monoisotopic (exact) mass is 250 g/mol. The summed E-state index contributed by atoms with van der Waals surface area (Å²) in [5, 5.41) is 0. The summed E-state index contributed by atoms with van der Waals surface area (Å²) in [6.07, 6.45) is 7.21. The third-order valence-corrected chi connectivity index (χ3v) is 4.73. The summed E-state index contributed by atoms with van der Waals surface area (Å²) in [5.74, 6) is 0.